The van der Waals surface area contributed by atoms with E-state index >= 15 is 0 Å². The topological polar surface area (TPSA) is 69.8 Å². The molecule has 0 amide bonds. The number of carbonyl (C=O) groups is 2. The van der Waals surface area contributed by atoms with Gasteiger partial charge in [0.25, 0.3) is 0 Å². The van der Waals surface area contributed by atoms with Gasteiger partial charge in [0.1, 0.15) is 11.4 Å². The molecule has 3 rings (SSSR count). The Morgan fingerprint density at radius 3 is 2.52 bits per heavy atom. The van der Waals surface area contributed by atoms with Gasteiger partial charge in [0, 0.05) is 25.7 Å². The molecule has 0 unspecified atom stereocenters. The molecule has 6 heteroatoms. The minimum Gasteiger partial charge on any atom is -0.292 e. The largest absolute Gasteiger partial charge is 0.292 e. The second-order valence-corrected chi connectivity index (χ2v) is 4.85. The highest BCUT2D eigenvalue weighted by Crippen LogP contribution is 2.19. The lowest BCUT2D eigenvalue weighted by atomic mass is 10.1. The molecule has 106 valence electrons. The van der Waals surface area contributed by atoms with E-state index < -0.39 is 0 Å². The highest BCUT2D eigenvalue weighted by molar-refractivity contribution is 6.16. The summed E-state index contributed by atoms with van der Waals surface area (Å²) in [6, 6.07) is 9.07. The minimum atomic E-state index is -0.280. The third-order valence-corrected chi connectivity index (χ3v) is 3.45. The zero-order valence-corrected chi connectivity index (χ0v) is 11.8. The average molecular weight is 282 g/mol. The molecule has 1 aromatic carbocycles. The molecule has 2 heterocycles. The maximum Gasteiger partial charge on any atom is 0.191 e. The molecule has 0 atom stereocenters. The number of fused-ring (bicyclic) bond motifs is 1. The van der Waals surface area contributed by atoms with E-state index in [0.29, 0.717) is 11.4 Å². The van der Waals surface area contributed by atoms with Gasteiger partial charge in [0.2, 0.25) is 0 Å². The number of nitrogens with zero attached hydrogens (tertiary/aromatic N) is 4. The highest BCUT2D eigenvalue weighted by Gasteiger charge is 2.20. The number of hydrogen-bond acceptors (Lipinski definition) is 4. The van der Waals surface area contributed by atoms with Crippen LogP contribution in [0.5, 0.6) is 0 Å². The van der Waals surface area contributed by atoms with Gasteiger partial charge < -0.3 is 0 Å². The van der Waals surface area contributed by atoms with E-state index in [9.17, 15) is 9.59 Å². The second kappa shape index (κ2) is 4.97. The van der Waals surface area contributed by atoms with Gasteiger partial charge in [0.15, 0.2) is 11.6 Å². The van der Waals surface area contributed by atoms with E-state index in [2.05, 4.69) is 10.2 Å². The number of ketones is 2. The average Bonchev–Trinajstić information content (AvgIpc) is 3.03. The van der Waals surface area contributed by atoms with Gasteiger partial charge >= 0.3 is 0 Å². The zero-order valence-electron chi connectivity index (χ0n) is 11.8. The number of benzene rings is 1. The molecule has 6 nitrogen and oxygen atoms in total. The molecule has 0 aliphatic carbocycles. The maximum atomic E-state index is 12.4. The van der Waals surface area contributed by atoms with E-state index in [1.54, 1.807) is 24.8 Å². The zero-order chi connectivity index (χ0) is 15.0. The molecular formula is C15H14N4O2. The van der Waals surface area contributed by atoms with Crippen LogP contribution in [0.4, 0.5) is 0 Å². The van der Waals surface area contributed by atoms with E-state index in [1.165, 1.54) is 10.9 Å². The number of aromatic nitrogens is 4. The summed E-state index contributed by atoms with van der Waals surface area (Å²) >= 11 is 0. The normalized spacial score (nSPS) is 11.0. The van der Waals surface area contributed by atoms with E-state index in [-0.39, 0.29) is 18.0 Å². The SMILES string of the molecule is Cn1nccc1C(=O)CC(=O)c1nn(C)c2ccccc12. The molecule has 3 aromatic rings. The van der Waals surface area contributed by atoms with Crippen molar-refractivity contribution in [2.24, 2.45) is 14.1 Å². The molecule has 2 aromatic heterocycles. The first kappa shape index (κ1) is 13.2. The van der Waals surface area contributed by atoms with Crippen LogP contribution in [-0.2, 0) is 14.1 Å². The van der Waals surface area contributed by atoms with Crippen LogP contribution in [0.25, 0.3) is 10.9 Å². The van der Waals surface area contributed by atoms with Gasteiger partial charge in [-0.1, -0.05) is 18.2 Å². The van der Waals surface area contributed by atoms with E-state index in [1.807, 2.05) is 24.3 Å². The Balaban J connectivity index is 1.91. The van der Waals surface area contributed by atoms with Gasteiger partial charge in [-0.05, 0) is 12.1 Å². The quantitative estimate of drug-likeness (QED) is 0.540. The molecule has 0 radical (unpaired) electrons. The second-order valence-electron chi connectivity index (χ2n) is 4.85. The van der Waals surface area contributed by atoms with Gasteiger partial charge in [0.05, 0.1) is 11.9 Å². The van der Waals surface area contributed by atoms with Gasteiger partial charge in [-0.25, -0.2) is 0 Å². The number of carbonyl (C=O) groups excluding carboxylic acids is 2. The molecule has 0 aliphatic heterocycles. The predicted molar refractivity (Wildman–Crippen MR) is 77.2 cm³/mol. The van der Waals surface area contributed by atoms with Crippen molar-refractivity contribution in [2.45, 2.75) is 6.42 Å². The fourth-order valence-corrected chi connectivity index (χ4v) is 2.39. The third-order valence-electron chi connectivity index (χ3n) is 3.45. The fourth-order valence-electron chi connectivity index (χ4n) is 2.39. The van der Waals surface area contributed by atoms with Crippen LogP contribution in [0.1, 0.15) is 27.4 Å². The van der Waals surface area contributed by atoms with Crippen molar-refractivity contribution in [3.8, 4) is 0 Å². The summed E-state index contributed by atoms with van der Waals surface area (Å²) in [5, 5.41) is 8.94. The first-order chi connectivity index (χ1) is 10.1. The van der Waals surface area contributed by atoms with Crippen molar-refractivity contribution in [3.05, 3.63) is 47.9 Å². The third kappa shape index (κ3) is 2.24. The van der Waals surface area contributed by atoms with Crippen molar-refractivity contribution in [1.82, 2.24) is 19.6 Å². The predicted octanol–water partition coefficient (Wildman–Crippen LogP) is 1.76. The smallest absolute Gasteiger partial charge is 0.191 e. The molecule has 0 saturated heterocycles. The lowest BCUT2D eigenvalue weighted by Crippen LogP contribution is -2.13. The summed E-state index contributed by atoms with van der Waals surface area (Å²) in [5.74, 6) is -0.535. The van der Waals surface area contributed by atoms with Gasteiger partial charge in [-0.15, -0.1) is 0 Å². The lowest BCUT2D eigenvalue weighted by molar-refractivity contribution is 0.0887. The number of rotatable bonds is 4. The summed E-state index contributed by atoms with van der Waals surface area (Å²) in [6.07, 6.45) is 1.33. The van der Waals surface area contributed by atoms with Crippen molar-refractivity contribution in [1.29, 1.82) is 0 Å². The Morgan fingerprint density at radius 2 is 1.81 bits per heavy atom. The van der Waals surface area contributed by atoms with E-state index in [4.69, 9.17) is 0 Å². The van der Waals surface area contributed by atoms with Crippen molar-refractivity contribution in [3.63, 3.8) is 0 Å². The van der Waals surface area contributed by atoms with Crippen LogP contribution < -0.4 is 0 Å². The maximum absolute atomic E-state index is 12.4. The standard InChI is InChI=1S/C15H14N4O2/c1-18-12(7-8-16-18)13(20)9-14(21)15-10-5-3-4-6-11(10)19(2)17-15/h3-8H,9H2,1-2H3. The number of para-hydroxylation sites is 1. The van der Waals surface area contributed by atoms with Gasteiger partial charge in [-0.2, -0.15) is 10.2 Å². The van der Waals surface area contributed by atoms with Crippen LogP contribution in [-0.4, -0.2) is 31.1 Å². The van der Waals surface area contributed by atoms with Crippen LogP contribution in [0, 0.1) is 0 Å². The first-order valence-electron chi connectivity index (χ1n) is 6.54. The van der Waals surface area contributed by atoms with Crippen LogP contribution in [0.15, 0.2) is 36.5 Å². The van der Waals surface area contributed by atoms with Crippen molar-refractivity contribution in [2.75, 3.05) is 0 Å². The Morgan fingerprint density at radius 1 is 1.05 bits per heavy atom. The lowest BCUT2D eigenvalue weighted by Gasteiger charge is -2.00. The molecule has 0 N–H and O–H groups in total. The summed E-state index contributed by atoms with van der Waals surface area (Å²) in [5.41, 5.74) is 1.63. The minimum absolute atomic E-state index is 0.208. The van der Waals surface area contributed by atoms with Crippen molar-refractivity contribution < 1.29 is 9.59 Å². The fraction of sp³-hybridized carbons (Fsp3) is 0.200. The highest BCUT2D eigenvalue weighted by atomic mass is 16.1. The van der Waals surface area contributed by atoms with Crippen LogP contribution in [0.3, 0.4) is 0 Å². The molecule has 21 heavy (non-hydrogen) atoms. The molecule has 0 fully saturated rings. The first-order valence-corrected chi connectivity index (χ1v) is 6.54. The Kier molecular flexibility index (Phi) is 3.13. The Labute approximate surface area is 121 Å². The summed E-state index contributed by atoms with van der Waals surface area (Å²) in [7, 11) is 3.45. The summed E-state index contributed by atoms with van der Waals surface area (Å²) < 4.78 is 3.11. The van der Waals surface area contributed by atoms with Crippen LogP contribution >= 0.6 is 0 Å². The van der Waals surface area contributed by atoms with Crippen LogP contribution in [0.2, 0.25) is 0 Å². The molecule has 0 saturated carbocycles. The summed E-state index contributed by atoms with van der Waals surface area (Å²) in [6.45, 7) is 0. The molecule has 0 aliphatic rings. The Hall–Kier alpha value is -2.76. The summed E-state index contributed by atoms with van der Waals surface area (Å²) in [4.78, 5) is 24.5. The van der Waals surface area contributed by atoms with Crippen molar-refractivity contribution >= 4 is 22.5 Å². The van der Waals surface area contributed by atoms with Gasteiger partial charge in [-0.3, -0.25) is 19.0 Å². The monoisotopic (exact) mass is 282 g/mol. The molecular weight excluding hydrogens is 268 g/mol. The molecule has 0 spiro atoms. The Bertz CT molecular complexity index is 844. The van der Waals surface area contributed by atoms with E-state index in [0.717, 1.165) is 10.9 Å². The number of aryl methyl sites for hydroxylation is 2. The molecule has 0 bridgehead atoms. The number of Topliss-reactive ketones (excluding diaryl/α,β-unsaturated/α-hetero) is 2. The number of hydrogen-bond donors (Lipinski definition) is 0.